The molecule has 3 heteroatoms. The maximum atomic E-state index is 11.1. The van der Waals surface area contributed by atoms with Gasteiger partial charge in [-0.25, -0.2) is 0 Å². The predicted molar refractivity (Wildman–Crippen MR) is 51.7 cm³/mol. The molecule has 0 aromatic heterocycles. The highest BCUT2D eigenvalue weighted by Crippen LogP contribution is 2.28. The van der Waals surface area contributed by atoms with Crippen molar-refractivity contribution in [2.45, 2.75) is 19.8 Å². The second kappa shape index (κ2) is 4.28. The van der Waals surface area contributed by atoms with Crippen LogP contribution in [0.15, 0.2) is 0 Å². The molecule has 2 unspecified atom stereocenters. The Kier molecular flexibility index (Phi) is 3.62. The second-order valence-corrected chi connectivity index (χ2v) is 3.96. The minimum Gasteiger partial charge on any atom is -0.465 e. The Morgan fingerprint density at radius 3 is 3.00 bits per heavy atom. The van der Waals surface area contributed by atoms with Gasteiger partial charge in [-0.05, 0) is 17.3 Å². The summed E-state index contributed by atoms with van der Waals surface area (Å²) in [4.78, 5) is 11.1. The van der Waals surface area contributed by atoms with Gasteiger partial charge < -0.3 is 4.74 Å². The summed E-state index contributed by atoms with van der Waals surface area (Å²) in [6.45, 7) is 2.71. The van der Waals surface area contributed by atoms with E-state index in [9.17, 15) is 4.79 Å². The summed E-state index contributed by atoms with van der Waals surface area (Å²) in [5.41, 5.74) is 0. The summed E-state index contributed by atoms with van der Waals surface area (Å²) < 4.78 is 6.10. The summed E-state index contributed by atoms with van der Waals surface area (Å²) in [7, 11) is 0. The van der Waals surface area contributed by atoms with E-state index in [1.807, 2.05) is 0 Å². The van der Waals surface area contributed by atoms with E-state index in [0.717, 1.165) is 17.3 Å². The van der Waals surface area contributed by atoms with E-state index < -0.39 is 0 Å². The number of carbonyl (C=O) groups is 1. The summed E-state index contributed by atoms with van der Waals surface area (Å²) in [5.74, 6) is 0.691. The van der Waals surface area contributed by atoms with Crippen LogP contribution in [0.3, 0.4) is 0 Å². The lowest BCUT2D eigenvalue weighted by atomic mass is 9.91. The number of alkyl halides is 1. The highest BCUT2D eigenvalue weighted by Gasteiger charge is 2.34. The Morgan fingerprint density at radius 1 is 1.73 bits per heavy atom. The van der Waals surface area contributed by atoms with E-state index >= 15 is 0 Å². The maximum Gasteiger partial charge on any atom is 0.309 e. The molecular formula is C8H13IO2. The largest absolute Gasteiger partial charge is 0.465 e. The van der Waals surface area contributed by atoms with Gasteiger partial charge in [-0.15, -0.1) is 0 Å². The van der Waals surface area contributed by atoms with E-state index in [-0.39, 0.29) is 11.9 Å². The van der Waals surface area contributed by atoms with Gasteiger partial charge in [0, 0.05) is 5.92 Å². The fraction of sp³-hybridized carbons (Fsp3) is 0.875. The minimum absolute atomic E-state index is 0.0161. The average molecular weight is 268 g/mol. The molecule has 1 heterocycles. The van der Waals surface area contributed by atoms with Crippen LogP contribution in [0.2, 0.25) is 0 Å². The second-order valence-electron chi connectivity index (χ2n) is 2.88. The number of carbonyl (C=O) groups excluding carboxylic acids is 1. The van der Waals surface area contributed by atoms with Crippen LogP contribution in [0.4, 0.5) is 0 Å². The van der Waals surface area contributed by atoms with Crippen molar-refractivity contribution in [3.8, 4) is 0 Å². The lowest BCUT2D eigenvalue weighted by molar-refractivity contribution is -0.141. The molecule has 64 valence electrons. The molecule has 0 N–H and O–H groups in total. The molecule has 11 heavy (non-hydrogen) atoms. The molecule has 1 aliphatic rings. The number of hydrogen-bond donors (Lipinski definition) is 0. The quantitative estimate of drug-likeness (QED) is 0.444. The van der Waals surface area contributed by atoms with Crippen LogP contribution in [-0.2, 0) is 9.53 Å². The normalized spacial score (nSPS) is 30.5. The summed E-state index contributed by atoms with van der Waals surface area (Å²) in [6.07, 6.45) is 2.05. The third kappa shape index (κ3) is 2.07. The first-order valence-corrected chi connectivity index (χ1v) is 5.54. The van der Waals surface area contributed by atoms with Crippen molar-refractivity contribution in [1.82, 2.24) is 0 Å². The fourth-order valence-corrected chi connectivity index (χ4v) is 2.33. The zero-order valence-corrected chi connectivity index (χ0v) is 8.84. The Labute approximate surface area is 80.8 Å². The molecule has 0 spiro atoms. The topological polar surface area (TPSA) is 26.3 Å². The number of hydrogen-bond acceptors (Lipinski definition) is 2. The van der Waals surface area contributed by atoms with Gasteiger partial charge in [0.25, 0.3) is 0 Å². The number of esters is 1. The smallest absolute Gasteiger partial charge is 0.309 e. The Bertz CT molecular complexity index is 147. The zero-order chi connectivity index (χ0) is 8.27. The van der Waals surface area contributed by atoms with Crippen LogP contribution < -0.4 is 0 Å². The lowest BCUT2D eigenvalue weighted by Crippen LogP contribution is -2.15. The minimum atomic E-state index is 0.0161. The van der Waals surface area contributed by atoms with Crippen molar-refractivity contribution < 1.29 is 9.53 Å². The average Bonchev–Trinajstić information content (AvgIpc) is 2.33. The molecule has 0 saturated carbocycles. The molecule has 0 radical (unpaired) electrons. The van der Waals surface area contributed by atoms with E-state index in [1.165, 1.54) is 0 Å². The highest BCUT2D eigenvalue weighted by atomic mass is 127. The van der Waals surface area contributed by atoms with Crippen LogP contribution in [-0.4, -0.2) is 17.0 Å². The zero-order valence-electron chi connectivity index (χ0n) is 6.68. The first-order chi connectivity index (χ1) is 5.29. The predicted octanol–water partition coefficient (Wildman–Crippen LogP) is 2.01. The monoisotopic (exact) mass is 268 g/mol. The SMILES string of the molecule is CCC1C(=O)OCC1CCI. The van der Waals surface area contributed by atoms with Gasteiger partial charge in [-0.2, -0.15) is 0 Å². The number of cyclic esters (lactones) is 1. The van der Waals surface area contributed by atoms with Gasteiger partial charge in [0.05, 0.1) is 12.5 Å². The molecule has 0 aliphatic carbocycles. The van der Waals surface area contributed by atoms with E-state index in [1.54, 1.807) is 0 Å². The van der Waals surface area contributed by atoms with E-state index in [4.69, 9.17) is 4.74 Å². The summed E-state index contributed by atoms with van der Waals surface area (Å²) >= 11 is 2.34. The number of ether oxygens (including phenoxy) is 1. The van der Waals surface area contributed by atoms with Crippen molar-refractivity contribution in [2.24, 2.45) is 11.8 Å². The van der Waals surface area contributed by atoms with E-state index in [2.05, 4.69) is 29.5 Å². The van der Waals surface area contributed by atoms with Crippen molar-refractivity contribution in [1.29, 1.82) is 0 Å². The van der Waals surface area contributed by atoms with Crippen molar-refractivity contribution >= 4 is 28.6 Å². The third-order valence-corrected chi connectivity index (χ3v) is 2.85. The van der Waals surface area contributed by atoms with Gasteiger partial charge in [0.1, 0.15) is 0 Å². The molecule has 0 aromatic rings. The van der Waals surface area contributed by atoms with Crippen LogP contribution in [0.5, 0.6) is 0 Å². The molecule has 1 fully saturated rings. The Hall–Kier alpha value is 0.200. The first kappa shape index (κ1) is 9.29. The van der Waals surface area contributed by atoms with Gasteiger partial charge in [-0.3, -0.25) is 4.79 Å². The standard InChI is InChI=1S/C8H13IO2/c1-2-7-6(3-4-9)5-11-8(7)10/h6-7H,2-5H2,1H3. The maximum absolute atomic E-state index is 11.1. The molecular weight excluding hydrogens is 255 g/mol. The molecule has 0 aromatic carbocycles. The van der Waals surface area contributed by atoms with Crippen molar-refractivity contribution in [3.05, 3.63) is 0 Å². The third-order valence-electron chi connectivity index (χ3n) is 2.23. The molecule has 2 nitrogen and oxygen atoms in total. The first-order valence-electron chi connectivity index (χ1n) is 4.02. The number of rotatable bonds is 3. The van der Waals surface area contributed by atoms with Crippen molar-refractivity contribution in [3.63, 3.8) is 0 Å². The molecule has 1 saturated heterocycles. The van der Waals surface area contributed by atoms with Crippen molar-refractivity contribution in [2.75, 3.05) is 11.0 Å². The van der Waals surface area contributed by atoms with E-state index in [0.29, 0.717) is 12.5 Å². The summed E-state index contributed by atoms with van der Waals surface area (Å²) in [6, 6.07) is 0. The highest BCUT2D eigenvalue weighted by molar-refractivity contribution is 14.1. The van der Waals surface area contributed by atoms with Crippen LogP contribution in [0.1, 0.15) is 19.8 Å². The fourth-order valence-electron chi connectivity index (χ4n) is 1.53. The molecule has 2 atom stereocenters. The molecule has 0 amide bonds. The Morgan fingerprint density at radius 2 is 2.45 bits per heavy atom. The summed E-state index contributed by atoms with van der Waals surface area (Å²) in [5, 5.41) is 0. The Balaban J connectivity index is 2.47. The van der Waals surface area contributed by atoms with Crippen LogP contribution in [0.25, 0.3) is 0 Å². The van der Waals surface area contributed by atoms with Gasteiger partial charge in [-0.1, -0.05) is 29.5 Å². The van der Waals surface area contributed by atoms with Gasteiger partial charge in [0.2, 0.25) is 0 Å². The lowest BCUT2D eigenvalue weighted by Gasteiger charge is -2.10. The van der Waals surface area contributed by atoms with Gasteiger partial charge >= 0.3 is 5.97 Å². The molecule has 1 aliphatic heterocycles. The molecule has 0 bridgehead atoms. The van der Waals surface area contributed by atoms with Crippen LogP contribution >= 0.6 is 22.6 Å². The number of halogens is 1. The van der Waals surface area contributed by atoms with Gasteiger partial charge in [0.15, 0.2) is 0 Å². The van der Waals surface area contributed by atoms with Crippen LogP contribution in [0, 0.1) is 11.8 Å². The molecule has 1 rings (SSSR count).